The first-order valence-corrected chi connectivity index (χ1v) is 11.4. The Balaban J connectivity index is 1.36. The smallest absolute Gasteiger partial charge is 0.251 e. The first-order chi connectivity index (χ1) is 15.7. The summed E-state index contributed by atoms with van der Waals surface area (Å²) in [6.45, 7) is 5.92. The van der Waals surface area contributed by atoms with Crippen LogP contribution >= 0.6 is 0 Å². The summed E-state index contributed by atoms with van der Waals surface area (Å²) in [7, 11) is 0. The maximum Gasteiger partial charge on any atom is 0.251 e. The summed E-state index contributed by atoms with van der Waals surface area (Å²) in [5.74, 6) is 0.640. The number of nitrogens with one attached hydrogen (secondary N) is 2. The summed E-state index contributed by atoms with van der Waals surface area (Å²) in [6.07, 6.45) is 6.71. The van der Waals surface area contributed by atoms with Gasteiger partial charge in [0.15, 0.2) is 0 Å². The van der Waals surface area contributed by atoms with Gasteiger partial charge in [-0.25, -0.2) is 9.97 Å². The summed E-state index contributed by atoms with van der Waals surface area (Å²) < 4.78 is 0. The summed E-state index contributed by atoms with van der Waals surface area (Å²) in [6, 6.07) is 17.7. The third kappa shape index (κ3) is 6.14. The monoisotopic (exact) mass is 429 g/mol. The number of benzene rings is 2. The predicted octanol–water partition coefficient (Wildman–Crippen LogP) is 4.80. The molecule has 1 saturated heterocycles. The van der Waals surface area contributed by atoms with E-state index in [0.717, 1.165) is 36.6 Å². The molecule has 2 heterocycles. The molecular formula is C26H31N5O. The summed E-state index contributed by atoms with van der Waals surface area (Å²) >= 11 is 0. The number of likely N-dealkylation sites (tertiary alicyclic amines) is 1. The van der Waals surface area contributed by atoms with Crippen molar-refractivity contribution < 1.29 is 4.79 Å². The highest BCUT2D eigenvalue weighted by atomic mass is 16.1. The van der Waals surface area contributed by atoms with E-state index in [2.05, 4.69) is 56.7 Å². The average molecular weight is 430 g/mol. The number of rotatable bonds is 7. The van der Waals surface area contributed by atoms with Gasteiger partial charge in [0.2, 0.25) is 0 Å². The van der Waals surface area contributed by atoms with Crippen molar-refractivity contribution in [1.29, 1.82) is 0 Å². The van der Waals surface area contributed by atoms with E-state index < -0.39 is 0 Å². The van der Waals surface area contributed by atoms with Crippen LogP contribution in [0, 0.1) is 6.92 Å². The molecule has 0 radical (unpaired) electrons. The van der Waals surface area contributed by atoms with E-state index in [1.807, 2.05) is 30.3 Å². The van der Waals surface area contributed by atoms with Crippen molar-refractivity contribution in [3.05, 3.63) is 72.1 Å². The fraction of sp³-hybridized carbons (Fsp3) is 0.346. The Labute approximate surface area is 190 Å². The first-order valence-electron chi connectivity index (χ1n) is 11.4. The maximum atomic E-state index is 12.6. The Morgan fingerprint density at radius 2 is 1.75 bits per heavy atom. The molecule has 0 unspecified atom stereocenters. The van der Waals surface area contributed by atoms with Crippen LogP contribution in [0.25, 0.3) is 11.3 Å². The molecule has 3 aromatic rings. The van der Waals surface area contributed by atoms with E-state index in [1.54, 1.807) is 6.33 Å². The van der Waals surface area contributed by atoms with Gasteiger partial charge in [-0.05, 0) is 51.1 Å². The van der Waals surface area contributed by atoms with Crippen LogP contribution in [0.2, 0.25) is 0 Å². The zero-order valence-corrected chi connectivity index (χ0v) is 18.7. The molecule has 166 valence electrons. The third-order valence-corrected chi connectivity index (χ3v) is 5.82. The van der Waals surface area contributed by atoms with Crippen molar-refractivity contribution in [3.63, 3.8) is 0 Å². The Morgan fingerprint density at radius 1 is 0.969 bits per heavy atom. The molecule has 1 aliphatic heterocycles. The van der Waals surface area contributed by atoms with Crippen molar-refractivity contribution in [2.75, 3.05) is 31.5 Å². The number of aromatic nitrogens is 2. The highest BCUT2D eigenvalue weighted by Crippen LogP contribution is 2.22. The zero-order valence-electron chi connectivity index (χ0n) is 18.7. The zero-order chi connectivity index (χ0) is 22.2. The molecule has 2 N–H and O–H groups in total. The predicted molar refractivity (Wildman–Crippen MR) is 129 cm³/mol. The van der Waals surface area contributed by atoms with Gasteiger partial charge in [0, 0.05) is 36.0 Å². The first kappa shape index (κ1) is 22.0. The van der Waals surface area contributed by atoms with Gasteiger partial charge in [-0.15, -0.1) is 0 Å². The van der Waals surface area contributed by atoms with E-state index in [4.69, 9.17) is 0 Å². The second-order valence-corrected chi connectivity index (χ2v) is 8.37. The molecule has 6 heteroatoms. The Morgan fingerprint density at radius 3 is 2.53 bits per heavy atom. The number of amides is 1. The second-order valence-electron chi connectivity index (χ2n) is 8.37. The fourth-order valence-electron chi connectivity index (χ4n) is 3.98. The molecule has 0 atom stereocenters. The molecule has 4 rings (SSSR count). The number of nitrogens with zero attached hydrogens (tertiary/aromatic N) is 3. The molecule has 6 nitrogen and oxygen atoms in total. The van der Waals surface area contributed by atoms with E-state index in [1.165, 1.54) is 31.2 Å². The summed E-state index contributed by atoms with van der Waals surface area (Å²) in [4.78, 5) is 23.8. The molecule has 0 bridgehead atoms. The SMILES string of the molecule is Cc1ccc(-c2cc(Nc3cccc(C(=O)NCCN4CCCCCC4)c3)ncn2)cc1. The highest BCUT2D eigenvalue weighted by molar-refractivity contribution is 5.95. The number of carbonyl (C=O) groups is 1. The van der Waals surface area contributed by atoms with Gasteiger partial charge in [0.1, 0.15) is 12.1 Å². The number of anilines is 2. The van der Waals surface area contributed by atoms with E-state index in [0.29, 0.717) is 17.9 Å². The van der Waals surface area contributed by atoms with E-state index in [-0.39, 0.29) is 5.91 Å². The van der Waals surface area contributed by atoms with Gasteiger partial charge in [-0.2, -0.15) is 0 Å². The number of hydrogen-bond donors (Lipinski definition) is 2. The van der Waals surface area contributed by atoms with Gasteiger partial charge in [0.25, 0.3) is 5.91 Å². The summed E-state index contributed by atoms with van der Waals surface area (Å²) in [5.41, 5.74) is 4.56. The molecule has 1 amide bonds. The van der Waals surface area contributed by atoms with Crippen LogP contribution in [0.15, 0.2) is 60.9 Å². The molecular weight excluding hydrogens is 398 g/mol. The van der Waals surface area contributed by atoms with Crippen LogP contribution in [0.3, 0.4) is 0 Å². The summed E-state index contributed by atoms with van der Waals surface area (Å²) in [5, 5.41) is 6.35. The molecule has 32 heavy (non-hydrogen) atoms. The van der Waals surface area contributed by atoms with Crippen molar-refractivity contribution >= 4 is 17.4 Å². The van der Waals surface area contributed by atoms with Gasteiger partial charge in [-0.1, -0.05) is 48.7 Å². The molecule has 1 fully saturated rings. The minimum atomic E-state index is -0.0495. The maximum absolute atomic E-state index is 12.6. The normalized spacial score (nSPS) is 14.5. The quantitative estimate of drug-likeness (QED) is 0.564. The van der Waals surface area contributed by atoms with Crippen molar-refractivity contribution in [2.45, 2.75) is 32.6 Å². The van der Waals surface area contributed by atoms with Gasteiger partial charge >= 0.3 is 0 Å². The average Bonchev–Trinajstić information content (AvgIpc) is 3.09. The Bertz CT molecular complexity index is 1030. The molecule has 0 saturated carbocycles. The fourth-order valence-corrected chi connectivity index (χ4v) is 3.98. The lowest BCUT2D eigenvalue weighted by atomic mass is 10.1. The van der Waals surface area contributed by atoms with E-state index in [9.17, 15) is 4.79 Å². The molecule has 1 aromatic heterocycles. The standard InChI is InChI=1S/C26H31N5O/c1-20-9-11-21(12-10-20)24-18-25(29-19-28-24)30-23-8-6-7-22(17-23)26(32)27-13-16-31-14-4-2-3-5-15-31/h6-12,17-19H,2-5,13-16H2,1H3,(H,27,32)(H,28,29,30). The largest absolute Gasteiger partial charge is 0.351 e. The van der Waals surface area contributed by atoms with Gasteiger partial charge in [-0.3, -0.25) is 4.79 Å². The lowest BCUT2D eigenvalue weighted by Crippen LogP contribution is -2.35. The van der Waals surface area contributed by atoms with Crippen LogP contribution in [0.1, 0.15) is 41.6 Å². The minimum absolute atomic E-state index is 0.0495. The van der Waals surface area contributed by atoms with Crippen LogP contribution in [-0.2, 0) is 0 Å². The third-order valence-electron chi connectivity index (χ3n) is 5.82. The molecule has 2 aromatic carbocycles. The van der Waals surface area contributed by atoms with Crippen molar-refractivity contribution in [2.24, 2.45) is 0 Å². The minimum Gasteiger partial charge on any atom is -0.351 e. The van der Waals surface area contributed by atoms with Crippen LogP contribution in [-0.4, -0.2) is 47.0 Å². The van der Waals surface area contributed by atoms with Crippen LogP contribution < -0.4 is 10.6 Å². The number of aryl methyl sites for hydroxylation is 1. The van der Waals surface area contributed by atoms with Crippen LogP contribution in [0.5, 0.6) is 0 Å². The van der Waals surface area contributed by atoms with Gasteiger partial charge < -0.3 is 15.5 Å². The lowest BCUT2D eigenvalue weighted by molar-refractivity contribution is 0.0948. The van der Waals surface area contributed by atoms with Crippen LogP contribution in [0.4, 0.5) is 11.5 Å². The number of carbonyl (C=O) groups excluding carboxylic acids is 1. The highest BCUT2D eigenvalue weighted by Gasteiger charge is 2.11. The Hall–Kier alpha value is -3.25. The van der Waals surface area contributed by atoms with Crippen molar-refractivity contribution in [3.8, 4) is 11.3 Å². The van der Waals surface area contributed by atoms with E-state index >= 15 is 0 Å². The lowest BCUT2D eigenvalue weighted by Gasteiger charge is -2.19. The topological polar surface area (TPSA) is 70.2 Å². The molecule has 0 aliphatic carbocycles. The Kier molecular flexibility index (Phi) is 7.46. The number of hydrogen-bond acceptors (Lipinski definition) is 5. The molecule has 1 aliphatic rings. The second kappa shape index (κ2) is 10.9. The molecule has 0 spiro atoms. The van der Waals surface area contributed by atoms with Crippen molar-refractivity contribution in [1.82, 2.24) is 20.2 Å². The van der Waals surface area contributed by atoms with Gasteiger partial charge in [0.05, 0.1) is 5.69 Å².